The minimum Gasteiger partial charge on any atom is -0.497 e. The summed E-state index contributed by atoms with van der Waals surface area (Å²) < 4.78 is 13.5. The van der Waals surface area contributed by atoms with Gasteiger partial charge in [-0.15, -0.1) is 0 Å². The lowest BCUT2D eigenvalue weighted by molar-refractivity contribution is 0.0970. The third-order valence-electron chi connectivity index (χ3n) is 3.52. The van der Waals surface area contributed by atoms with E-state index in [1.165, 1.54) is 0 Å². The molecule has 2 aromatic rings. The normalized spacial score (nSPS) is 18.4. The van der Waals surface area contributed by atoms with Gasteiger partial charge in [-0.05, 0) is 49.3 Å². The van der Waals surface area contributed by atoms with Crippen molar-refractivity contribution in [2.45, 2.75) is 25.5 Å². The van der Waals surface area contributed by atoms with Crippen LogP contribution >= 0.6 is 12.2 Å². The average molecular weight is 291 g/mol. The molecule has 5 nitrogen and oxygen atoms in total. The van der Waals surface area contributed by atoms with Crippen LogP contribution in [-0.2, 0) is 11.3 Å². The number of nitrogens with zero attached hydrogens (tertiary/aromatic N) is 2. The van der Waals surface area contributed by atoms with Crippen molar-refractivity contribution >= 4 is 12.2 Å². The van der Waals surface area contributed by atoms with Gasteiger partial charge >= 0.3 is 0 Å². The van der Waals surface area contributed by atoms with E-state index >= 15 is 0 Å². The summed E-state index contributed by atoms with van der Waals surface area (Å²) in [6.45, 7) is 1.59. The molecule has 1 fully saturated rings. The molecule has 1 atom stereocenters. The Morgan fingerprint density at radius 3 is 2.90 bits per heavy atom. The van der Waals surface area contributed by atoms with E-state index in [4.69, 9.17) is 21.7 Å². The maximum Gasteiger partial charge on any atom is 0.195 e. The van der Waals surface area contributed by atoms with Gasteiger partial charge in [0.15, 0.2) is 10.6 Å². The van der Waals surface area contributed by atoms with E-state index in [1.54, 1.807) is 7.11 Å². The second kappa shape index (κ2) is 5.76. The van der Waals surface area contributed by atoms with Crippen LogP contribution < -0.4 is 4.74 Å². The molecule has 0 amide bonds. The summed E-state index contributed by atoms with van der Waals surface area (Å²) in [5.41, 5.74) is 1.01. The van der Waals surface area contributed by atoms with Gasteiger partial charge in [0.25, 0.3) is 0 Å². The number of hydrogen-bond acceptors (Lipinski definition) is 4. The lowest BCUT2D eigenvalue weighted by atomic mass is 10.2. The van der Waals surface area contributed by atoms with E-state index in [2.05, 4.69) is 10.2 Å². The topological polar surface area (TPSA) is 52.1 Å². The van der Waals surface area contributed by atoms with E-state index < -0.39 is 0 Å². The predicted molar refractivity (Wildman–Crippen MR) is 78.4 cm³/mol. The van der Waals surface area contributed by atoms with Crippen molar-refractivity contribution in [2.24, 2.45) is 0 Å². The van der Waals surface area contributed by atoms with Crippen molar-refractivity contribution in [3.8, 4) is 17.1 Å². The second-order valence-corrected chi connectivity index (χ2v) is 5.21. The van der Waals surface area contributed by atoms with Gasteiger partial charge in [-0.2, -0.15) is 5.10 Å². The van der Waals surface area contributed by atoms with Crippen LogP contribution in [0, 0.1) is 4.77 Å². The quantitative estimate of drug-likeness (QED) is 0.880. The Bertz CT molecular complexity index is 627. The van der Waals surface area contributed by atoms with Crippen molar-refractivity contribution in [3.05, 3.63) is 29.0 Å². The van der Waals surface area contributed by atoms with Gasteiger partial charge in [-0.25, -0.2) is 0 Å². The fourth-order valence-electron chi connectivity index (χ4n) is 2.44. The summed E-state index contributed by atoms with van der Waals surface area (Å²) in [5.74, 6) is 1.67. The minimum absolute atomic E-state index is 0.233. The molecule has 0 aliphatic carbocycles. The van der Waals surface area contributed by atoms with Crippen LogP contribution in [0.3, 0.4) is 0 Å². The molecular formula is C14H17N3O2S. The summed E-state index contributed by atoms with van der Waals surface area (Å²) >= 11 is 5.32. The smallest absolute Gasteiger partial charge is 0.195 e. The Kier molecular flexibility index (Phi) is 3.84. The zero-order chi connectivity index (χ0) is 13.9. The Morgan fingerprint density at radius 2 is 2.25 bits per heavy atom. The fourth-order valence-corrected chi connectivity index (χ4v) is 2.65. The molecule has 20 heavy (non-hydrogen) atoms. The molecule has 106 valence electrons. The fraction of sp³-hybridized carbons (Fsp3) is 0.429. The minimum atomic E-state index is 0.233. The van der Waals surface area contributed by atoms with Crippen molar-refractivity contribution in [1.29, 1.82) is 0 Å². The molecule has 1 aromatic heterocycles. The zero-order valence-electron chi connectivity index (χ0n) is 11.3. The molecule has 3 rings (SSSR count). The zero-order valence-corrected chi connectivity index (χ0v) is 12.2. The lowest BCUT2D eigenvalue weighted by Gasteiger charge is -2.12. The number of nitrogens with one attached hydrogen (secondary N) is 1. The van der Waals surface area contributed by atoms with E-state index in [0.29, 0.717) is 4.77 Å². The number of aromatic amines is 1. The molecule has 6 heteroatoms. The number of ether oxygens (including phenoxy) is 2. The summed E-state index contributed by atoms with van der Waals surface area (Å²) in [4.78, 5) is 0. The Balaban J connectivity index is 1.90. The molecule has 2 heterocycles. The highest BCUT2D eigenvalue weighted by Crippen LogP contribution is 2.23. The van der Waals surface area contributed by atoms with E-state index in [0.717, 1.165) is 43.1 Å². The SMILES string of the molecule is COc1ccc(-c2n[nH]c(=S)n2C[C@@H]2CCCO2)cc1. The monoisotopic (exact) mass is 291 g/mol. The van der Waals surface area contributed by atoms with Gasteiger partial charge in [-0.3, -0.25) is 9.67 Å². The summed E-state index contributed by atoms with van der Waals surface area (Å²) in [5, 5.41) is 7.20. The highest BCUT2D eigenvalue weighted by Gasteiger charge is 2.19. The summed E-state index contributed by atoms with van der Waals surface area (Å²) in [6, 6.07) is 7.80. The van der Waals surface area contributed by atoms with Crippen LogP contribution in [0.2, 0.25) is 0 Å². The molecule has 0 radical (unpaired) electrons. The van der Waals surface area contributed by atoms with Crippen LogP contribution in [0.15, 0.2) is 24.3 Å². The van der Waals surface area contributed by atoms with Gasteiger partial charge in [0.05, 0.1) is 19.8 Å². The number of H-pyrrole nitrogens is 1. The van der Waals surface area contributed by atoms with E-state index in [9.17, 15) is 0 Å². The lowest BCUT2D eigenvalue weighted by Crippen LogP contribution is -2.16. The third kappa shape index (κ3) is 2.62. The molecule has 0 bridgehead atoms. The Morgan fingerprint density at radius 1 is 1.45 bits per heavy atom. The molecular weight excluding hydrogens is 274 g/mol. The number of rotatable bonds is 4. The Labute approximate surface area is 122 Å². The maximum atomic E-state index is 5.68. The van der Waals surface area contributed by atoms with Crippen LogP contribution in [-0.4, -0.2) is 34.6 Å². The first-order valence-electron chi connectivity index (χ1n) is 6.69. The highest BCUT2D eigenvalue weighted by molar-refractivity contribution is 7.71. The first-order chi connectivity index (χ1) is 9.78. The van der Waals surface area contributed by atoms with Gasteiger partial charge in [0, 0.05) is 12.2 Å². The summed E-state index contributed by atoms with van der Waals surface area (Å²) in [7, 11) is 1.66. The largest absolute Gasteiger partial charge is 0.497 e. The molecule has 1 N–H and O–H groups in total. The van der Waals surface area contributed by atoms with Crippen molar-refractivity contribution in [3.63, 3.8) is 0 Å². The van der Waals surface area contributed by atoms with Crippen molar-refractivity contribution in [1.82, 2.24) is 14.8 Å². The van der Waals surface area contributed by atoms with Gasteiger partial charge in [0.2, 0.25) is 0 Å². The van der Waals surface area contributed by atoms with E-state index in [1.807, 2.05) is 28.8 Å². The van der Waals surface area contributed by atoms with Crippen LogP contribution in [0.5, 0.6) is 5.75 Å². The molecule has 1 saturated heterocycles. The number of benzene rings is 1. The van der Waals surface area contributed by atoms with Gasteiger partial charge in [0.1, 0.15) is 5.75 Å². The van der Waals surface area contributed by atoms with Crippen molar-refractivity contribution in [2.75, 3.05) is 13.7 Å². The highest BCUT2D eigenvalue weighted by atomic mass is 32.1. The summed E-state index contributed by atoms with van der Waals surface area (Å²) in [6.07, 6.45) is 2.43. The van der Waals surface area contributed by atoms with Crippen LogP contribution in [0.4, 0.5) is 0 Å². The molecule has 1 aliphatic rings. The van der Waals surface area contributed by atoms with Crippen LogP contribution in [0.25, 0.3) is 11.4 Å². The third-order valence-corrected chi connectivity index (χ3v) is 3.83. The molecule has 0 spiro atoms. The molecule has 1 aromatic carbocycles. The van der Waals surface area contributed by atoms with Gasteiger partial charge < -0.3 is 9.47 Å². The van der Waals surface area contributed by atoms with Gasteiger partial charge in [-0.1, -0.05) is 0 Å². The average Bonchev–Trinajstić information content (AvgIpc) is 3.11. The number of aromatic nitrogens is 3. The van der Waals surface area contributed by atoms with E-state index in [-0.39, 0.29) is 6.10 Å². The molecule has 0 saturated carbocycles. The van der Waals surface area contributed by atoms with Crippen LogP contribution in [0.1, 0.15) is 12.8 Å². The molecule has 1 aliphatic heterocycles. The first-order valence-corrected chi connectivity index (χ1v) is 7.10. The molecule has 0 unspecified atom stereocenters. The number of hydrogen-bond donors (Lipinski definition) is 1. The first kappa shape index (κ1) is 13.3. The predicted octanol–water partition coefficient (Wildman–Crippen LogP) is 2.80. The second-order valence-electron chi connectivity index (χ2n) is 4.83. The maximum absolute atomic E-state index is 5.68. The Hall–Kier alpha value is -1.66. The number of methoxy groups -OCH3 is 1. The van der Waals surface area contributed by atoms with Crippen molar-refractivity contribution < 1.29 is 9.47 Å². The standard InChI is InChI=1S/C14H17N3O2S/c1-18-11-6-4-10(5-7-11)13-15-16-14(20)17(13)9-12-3-2-8-19-12/h4-7,12H,2-3,8-9H2,1H3,(H,16,20)/t12-/m0/s1.